The first-order valence-electron chi connectivity index (χ1n) is 12.7. The maximum absolute atomic E-state index is 11.0. The van der Waals surface area contributed by atoms with Crippen molar-refractivity contribution in [2.24, 2.45) is 0 Å². The van der Waals surface area contributed by atoms with Crippen molar-refractivity contribution in [3.63, 3.8) is 0 Å². The molecule has 38 heavy (non-hydrogen) atoms. The van der Waals surface area contributed by atoms with Crippen LogP contribution in [0, 0.1) is 0 Å². The molecular weight excluding hydrogens is 530 g/mol. The number of aryl methyl sites for hydroxylation is 1. The molecule has 0 fully saturated rings. The van der Waals surface area contributed by atoms with E-state index in [1.165, 1.54) is 0 Å². The lowest BCUT2D eigenvalue weighted by Crippen LogP contribution is -2.35. The van der Waals surface area contributed by atoms with Crippen molar-refractivity contribution < 1.29 is 41.2 Å². The summed E-state index contributed by atoms with van der Waals surface area (Å²) < 4.78 is 64.6. The number of hydrogen-bond acceptors (Lipinski definition) is 9. The predicted molar refractivity (Wildman–Crippen MR) is 145 cm³/mol. The van der Waals surface area contributed by atoms with E-state index in [2.05, 4.69) is 10.6 Å². The van der Waals surface area contributed by atoms with E-state index in [4.69, 9.17) is 23.7 Å². The van der Waals surface area contributed by atoms with Gasteiger partial charge in [-0.05, 0) is 36.3 Å². The summed E-state index contributed by atoms with van der Waals surface area (Å²) in [4.78, 5) is 0. The van der Waals surface area contributed by atoms with Gasteiger partial charge in [-0.25, -0.2) is 8.42 Å². The third kappa shape index (κ3) is 9.04. The van der Waals surface area contributed by atoms with Crippen LogP contribution in [-0.4, -0.2) is 71.6 Å². The van der Waals surface area contributed by atoms with Crippen molar-refractivity contribution in [3.05, 3.63) is 53.0 Å². The lowest BCUT2D eigenvalue weighted by Gasteiger charge is -2.13. The van der Waals surface area contributed by atoms with E-state index in [0.29, 0.717) is 83.7 Å². The fourth-order valence-corrected chi connectivity index (χ4v) is 5.60. The van der Waals surface area contributed by atoms with Gasteiger partial charge in [0.25, 0.3) is 5.01 Å². The Morgan fingerprint density at radius 2 is 1.47 bits per heavy atom. The summed E-state index contributed by atoms with van der Waals surface area (Å²) in [7, 11) is -4.20. The second kappa shape index (κ2) is 14.6. The molecule has 0 bridgehead atoms. The molecule has 3 aromatic rings. The standard InChI is InChI=1S/C27H33NO8S2/c29-38(30,31)20-4-3-11-28-23-5-1-2-6-26(23)37-27(28)10-8-22-7-9-24-25(21-22)36-19-17-34-15-13-32-12-14-33-16-18-35-24/h1-2,5-10,21H,3-4,11-20H2/b10-8+. The average Bonchev–Trinajstić information content (AvgIpc) is 3.24. The van der Waals surface area contributed by atoms with E-state index in [1.807, 2.05) is 48.6 Å². The molecule has 0 aliphatic carbocycles. The highest BCUT2D eigenvalue weighted by Gasteiger charge is 2.18. The molecule has 2 heterocycles. The van der Waals surface area contributed by atoms with Gasteiger partial charge in [0.2, 0.25) is 5.52 Å². The first kappa shape index (κ1) is 28.5. The molecule has 0 atom stereocenters. The molecule has 0 N–H and O–H groups in total. The van der Waals surface area contributed by atoms with Crippen LogP contribution in [0.5, 0.6) is 11.5 Å². The highest BCUT2D eigenvalue weighted by Crippen LogP contribution is 2.30. The second-order valence-electron chi connectivity index (χ2n) is 8.60. The van der Waals surface area contributed by atoms with E-state index in [-0.39, 0.29) is 5.75 Å². The molecule has 0 amide bonds. The summed E-state index contributed by atoms with van der Waals surface area (Å²) in [6.07, 6.45) is 4.98. The fraction of sp³-hybridized carbons (Fsp3) is 0.444. The molecule has 4 rings (SSSR count). The van der Waals surface area contributed by atoms with Gasteiger partial charge in [0.15, 0.2) is 18.0 Å². The normalized spacial score (nSPS) is 16.3. The first-order valence-corrected chi connectivity index (χ1v) is 15.0. The number of fused-ring (bicyclic) bond motifs is 2. The zero-order valence-corrected chi connectivity index (χ0v) is 22.8. The van der Waals surface area contributed by atoms with Crippen LogP contribution in [0.1, 0.15) is 23.4 Å². The maximum Gasteiger partial charge on any atom is 0.262 e. The van der Waals surface area contributed by atoms with Gasteiger partial charge in [-0.2, -0.15) is 4.57 Å². The highest BCUT2D eigenvalue weighted by molar-refractivity contribution is 7.85. The zero-order chi connectivity index (χ0) is 26.6. The van der Waals surface area contributed by atoms with Crippen LogP contribution in [0.3, 0.4) is 0 Å². The minimum atomic E-state index is -4.20. The van der Waals surface area contributed by atoms with Crippen molar-refractivity contribution in [1.82, 2.24) is 0 Å². The van der Waals surface area contributed by atoms with Crippen molar-refractivity contribution in [3.8, 4) is 11.5 Å². The van der Waals surface area contributed by atoms with Gasteiger partial charge in [-0.3, -0.25) is 0 Å². The monoisotopic (exact) mass is 563 g/mol. The summed E-state index contributed by atoms with van der Waals surface area (Å²) in [5.74, 6) is 0.926. The van der Waals surface area contributed by atoms with Crippen LogP contribution in [0.4, 0.5) is 0 Å². The van der Waals surface area contributed by atoms with Crippen LogP contribution in [0.2, 0.25) is 0 Å². The van der Waals surface area contributed by atoms with E-state index < -0.39 is 10.1 Å². The van der Waals surface area contributed by atoms with E-state index in [1.54, 1.807) is 11.3 Å². The highest BCUT2D eigenvalue weighted by atomic mass is 32.2. The molecule has 0 unspecified atom stereocenters. The van der Waals surface area contributed by atoms with E-state index in [0.717, 1.165) is 20.8 Å². The summed E-state index contributed by atoms with van der Waals surface area (Å²) in [6, 6.07) is 13.9. The van der Waals surface area contributed by atoms with Crippen molar-refractivity contribution >= 4 is 43.8 Å². The minimum Gasteiger partial charge on any atom is -0.748 e. The summed E-state index contributed by atoms with van der Waals surface area (Å²) in [5.41, 5.74) is 2.02. The third-order valence-electron chi connectivity index (χ3n) is 5.76. The Balaban J connectivity index is 1.50. The molecule has 1 aliphatic rings. The smallest absolute Gasteiger partial charge is 0.262 e. The van der Waals surface area contributed by atoms with Gasteiger partial charge >= 0.3 is 0 Å². The Morgan fingerprint density at radius 1 is 0.816 bits per heavy atom. The van der Waals surface area contributed by atoms with Gasteiger partial charge in [-0.15, -0.1) is 0 Å². The zero-order valence-electron chi connectivity index (χ0n) is 21.2. The molecule has 0 spiro atoms. The summed E-state index contributed by atoms with van der Waals surface area (Å²) in [5, 5.41) is 1.03. The number of nitrogens with zero attached hydrogens (tertiary/aromatic N) is 1. The lowest BCUT2D eigenvalue weighted by atomic mass is 10.2. The quantitative estimate of drug-likeness (QED) is 0.244. The van der Waals surface area contributed by atoms with Gasteiger partial charge < -0.3 is 28.2 Å². The third-order valence-corrected chi connectivity index (χ3v) is 7.68. The number of hydrogen-bond donors (Lipinski definition) is 0. The molecule has 206 valence electrons. The molecule has 0 saturated heterocycles. The first-order chi connectivity index (χ1) is 18.5. The van der Waals surface area contributed by atoms with Gasteiger partial charge in [-0.1, -0.05) is 29.5 Å². The largest absolute Gasteiger partial charge is 0.748 e. The van der Waals surface area contributed by atoms with E-state index >= 15 is 0 Å². The molecule has 0 saturated carbocycles. The van der Waals surface area contributed by atoms with Crippen LogP contribution < -0.4 is 14.0 Å². The Bertz CT molecular complexity index is 1310. The molecule has 0 radical (unpaired) electrons. The van der Waals surface area contributed by atoms with Crippen LogP contribution in [0.15, 0.2) is 42.5 Å². The average molecular weight is 564 g/mol. The Morgan fingerprint density at radius 3 is 2.18 bits per heavy atom. The molecule has 1 aliphatic heterocycles. The van der Waals surface area contributed by atoms with Gasteiger partial charge in [0.1, 0.15) is 17.9 Å². The van der Waals surface area contributed by atoms with E-state index in [9.17, 15) is 13.0 Å². The SMILES string of the molecule is O=S(=O)([O-])CCCC[n+]1c(/C=C/c2ccc3c(c2)OCCOCCOCCOCCO3)sc2ccccc21. The number of para-hydroxylation sites is 1. The fourth-order valence-electron chi connectivity index (χ4n) is 3.95. The molecule has 2 aromatic carbocycles. The van der Waals surface area contributed by atoms with Gasteiger partial charge in [0, 0.05) is 24.3 Å². The Kier molecular flexibility index (Phi) is 10.9. The van der Waals surface area contributed by atoms with Crippen LogP contribution in [-0.2, 0) is 30.9 Å². The molecule has 9 nitrogen and oxygen atoms in total. The number of aromatic nitrogens is 1. The predicted octanol–water partition coefficient (Wildman–Crippen LogP) is 3.51. The molecule has 1 aromatic heterocycles. The lowest BCUT2D eigenvalue weighted by molar-refractivity contribution is -0.669. The van der Waals surface area contributed by atoms with Crippen LogP contribution >= 0.6 is 11.3 Å². The summed E-state index contributed by atoms with van der Waals surface area (Å²) >= 11 is 1.66. The van der Waals surface area contributed by atoms with Crippen molar-refractivity contribution in [2.75, 3.05) is 58.6 Å². The minimum absolute atomic E-state index is 0.329. The number of unbranched alkanes of at least 4 members (excludes halogenated alkanes) is 1. The van der Waals surface area contributed by atoms with Gasteiger partial charge in [0.05, 0.1) is 49.8 Å². The number of ether oxygens (including phenoxy) is 5. The summed E-state index contributed by atoms with van der Waals surface area (Å²) in [6.45, 7) is 4.33. The number of thiazole rings is 1. The Hall–Kier alpha value is -2.54. The van der Waals surface area contributed by atoms with Crippen LogP contribution in [0.25, 0.3) is 22.4 Å². The number of rotatable bonds is 7. The Labute approximate surface area is 227 Å². The number of benzene rings is 2. The topological polar surface area (TPSA) is 107 Å². The molecular formula is C27H33NO8S2. The van der Waals surface area contributed by atoms with Crippen molar-refractivity contribution in [2.45, 2.75) is 19.4 Å². The van der Waals surface area contributed by atoms with Crippen molar-refractivity contribution in [1.29, 1.82) is 0 Å². The second-order valence-corrected chi connectivity index (χ2v) is 11.2. The molecule has 11 heteroatoms. The maximum atomic E-state index is 11.0.